The number of hydrogen-bond acceptors (Lipinski definition) is 5. The summed E-state index contributed by atoms with van der Waals surface area (Å²) >= 11 is 0. The number of hydrogen-bond donors (Lipinski definition) is 0. The normalized spacial score (nSPS) is 10.9. The number of carbonyl (C=O) groups is 2. The summed E-state index contributed by atoms with van der Waals surface area (Å²) in [5, 5.41) is 0. The molecule has 1 amide bonds. The van der Waals surface area contributed by atoms with Crippen molar-refractivity contribution in [3.63, 3.8) is 0 Å². The lowest BCUT2D eigenvalue weighted by molar-refractivity contribution is -0.141. The molecular weight excluding hydrogens is 272 g/mol. The number of ether oxygens (including phenoxy) is 2. The van der Waals surface area contributed by atoms with Crippen LogP contribution in [0.1, 0.15) is 33.4 Å². The van der Waals surface area contributed by atoms with Gasteiger partial charge in [0.2, 0.25) is 0 Å². The highest BCUT2D eigenvalue weighted by molar-refractivity contribution is 5.93. The number of carbonyl (C=O) groups excluding carboxylic acids is 2. The fraction of sp³-hybridized carbons (Fsp3) is 0.533. The molecule has 0 N–H and O–H groups in total. The number of anilines is 1. The van der Waals surface area contributed by atoms with Crippen LogP contribution in [-0.2, 0) is 14.3 Å². The average molecular weight is 294 g/mol. The zero-order valence-electron chi connectivity index (χ0n) is 13.2. The molecule has 1 heterocycles. The minimum atomic E-state index is -0.647. The number of aromatic nitrogens is 1. The molecule has 0 spiro atoms. The van der Waals surface area contributed by atoms with E-state index < -0.39 is 17.7 Å². The summed E-state index contributed by atoms with van der Waals surface area (Å²) in [5.41, 5.74) is 0.640. The van der Waals surface area contributed by atoms with Gasteiger partial charge in [0.25, 0.3) is 0 Å². The van der Waals surface area contributed by atoms with Gasteiger partial charge >= 0.3 is 12.1 Å². The summed E-state index contributed by atoms with van der Waals surface area (Å²) < 4.78 is 10.2. The predicted octanol–water partition coefficient (Wildman–Crippen LogP) is 2.69. The first-order valence-corrected chi connectivity index (χ1v) is 6.81. The highest BCUT2D eigenvalue weighted by Crippen LogP contribution is 2.18. The quantitative estimate of drug-likeness (QED) is 0.799. The van der Waals surface area contributed by atoms with Crippen molar-refractivity contribution in [2.45, 2.75) is 40.2 Å². The van der Waals surface area contributed by atoms with Gasteiger partial charge in [0, 0.05) is 11.9 Å². The van der Waals surface area contributed by atoms with Crippen molar-refractivity contribution < 1.29 is 19.1 Å². The van der Waals surface area contributed by atoms with Gasteiger partial charge in [0.1, 0.15) is 12.1 Å². The molecule has 116 valence electrons. The van der Waals surface area contributed by atoms with Crippen molar-refractivity contribution >= 4 is 17.7 Å². The Hall–Kier alpha value is -2.11. The molecular formula is C15H22N2O4. The van der Waals surface area contributed by atoms with Crippen molar-refractivity contribution in [1.29, 1.82) is 0 Å². The number of aryl methyl sites for hydroxylation is 1. The van der Waals surface area contributed by atoms with Crippen LogP contribution >= 0.6 is 0 Å². The zero-order valence-corrected chi connectivity index (χ0v) is 13.2. The van der Waals surface area contributed by atoms with Gasteiger partial charge in [0.05, 0.1) is 12.3 Å². The highest BCUT2D eigenvalue weighted by Gasteiger charge is 2.26. The average Bonchev–Trinajstić information content (AvgIpc) is 2.34. The largest absolute Gasteiger partial charge is 0.465 e. The SMILES string of the molecule is CCOC(=O)CN(C(=O)OC(C)(C)C)c1ccnc(C)c1. The Morgan fingerprint density at radius 2 is 2.00 bits per heavy atom. The van der Waals surface area contributed by atoms with Crippen LogP contribution in [0, 0.1) is 6.92 Å². The first-order chi connectivity index (χ1) is 9.73. The number of esters is 1. The van der Waals surface area contributed by atoms with Crippen LogP contribution in [0.4, 0.5) is 10.5 Å². The van der Waals surface area contributed by atoms with E-state index in [2.05, 4.69) is 4.98 Å². The zero-order chi connectivity index (χ0) is 16.0. The minimum Gasteiger partial charge on any atom is -0.465 e. The van der Waals surface area contributed by atoms with Gasteiger partial charge in [-0.25, -0.2) is 4.79 Å². The molecule has 0 saturated carbocycles. The molecule has 0 aliphatic heterocycles. The fourth-order valence-electron chi connectivity index (χ4n) is 1.61. The van der Waals surface area contributed by atoms with E-state index in [1.54, 1.807) is 52.9 Å². The minimum absolute atomic E-state index is 0.202. The smallest absolute Gasteiger partial charge is 0.415 e. The molecule has 0 radical (unpaired) electrons. The van der Waals surface area contributed by atoms with Crippen molar-refractivity contribution in [2.24, 2.45) is 0 Å². The number of pyridine rings is 1. The molecule has 0 saturated heterocycles. The van der Waals surface area contributed by atoms with E-state index >= 15 is 0 Å². The molecule has 0 fully saturated rings. The fourth-order valence-corrected chi connectivity index (χ4v) is 1.61. The number of rotatable bonds is 4. The lowest BCUT2D eigenvalue weighted by atomic mass is 10.2. The molecule has 0 unspecified atom stereocenters. The third-order valence-electron chi connectivity index (χ3n) is 2.40. The summed E-state index contributed by atoms with van der Waals surface area (Å²) in [6.45, 7) is 8.89. The Bertz CT molecular complexity index is 509. The third-order valence-corrected chi connectivity index (χ3v) is 2.40. The Kier molecular flexibility index (Phi) is 5.69. The van der Waals surface area contributed by atoms with Crippen LogP contribution in [0.25, 0.3) is 0 Å². The summed E-state index contributed by atoms with van der Waals surface area (Å²) in [5.74, 6) is -0.488. The summed E-state index contributed by atoms with van der Waals surface area (Å²) in [6.07, 6.45) is 0.980. The molecule has 0 aliphatic carbocycles. The Morgan fingerprint density at radius 3 is 2.52 bits per heavy atom. The van der Waals surface area contributed by atoms with E-state index in [4.69, 9.17) is 9.47 Å². The number of amides is 1. The van der Waals surface area contributed by atoms with E-state index in [1.165, 1.54) is 4.90 Å². The van der Waals surface area contributed by atoms with Gasteiger partial charge in [-0.3, -0.25) is 14.7 Å². The van der Waals surface area contributed by atoms with Crippen LogP contribution in [0.3, 0.4) is 0 Å². The Morgan fingerprint density at radius 1 is 1.33 bits per heavy atom. The van der Waals surface area contributed by atoms with Gasteiger partial charge in [0.15, 0.2) is 0 Å². The van der Waals surface area contributed by atoms with E-state index in [-0.39, 0.29) is 13.2 Å². The molecule has 21 heavy (non-hydrogen) atoms. The van der Waals surface area contributed by atoms with Crippen molar-refractivity contribution in [3.8, 4) is 0 Å². The van der Waals surface area contributed by atoms with Crippen LogP contribution in [0.2, 0.25) is 0 Å². The van der Waals surface area contributed by atoms with Crippen molar-refractivity contribution in [1.82, 2.24) is 4.98 Å². The second-order valence-corrected chi connectivity index (χ2v) is 5.53. The molecule has 0 aliphatic rings. The Labute approximate surface area is 125 Å². The molecule has 6 nitrogen and oxygen atoms in total. The van der Waals surface area contributed by atoms with Crippen LogP contribution < -0.4 is 4.90 Å². The van der Waals surface area contributed by atoms with Crippen LogP contribution in [0.5, 0.6) is 0 Å². The van der Waals surface area contributed by atoms with Gasteiger partial charge in [-0.05, 0) is 46.8 Å². The highest BCUT2D eigenvalue weighted by atomic mass is 16.6. The molecule has 6 heteroatoms. The maximum atomic E-state index is 12.3. The molecule has 0 aromatic carbocycles. The second kappa shape index (κ2) is 7.06. The second-order valence-electron chi connectivity index (χ2n) is 5.53. The van der Waals surface area contributed by atoms with Crippen molar-refractivity contribution in [3.05, 3.63) is 24.0 Å². The third kappa shape index (κ3) is 5.81. The van der Waals surface area contributed by atoms with Crippen LogP contribution in [0.15, 0.2) is 18.3 Å². The monoisotopic (exact) mass is 294 g/mol. The van der Waals surface area contributed by atoms with Gasteiger partial charge in [-0.2, -0.15) is 0 Å². The maximum Gasteiger partial charge on any atom is 0.415 e. The van der Waals surface area contributed by atoms with Gasteiger partial charge < -0.3 is 9.47 Å². The summed E-state index contributed by atoms with van der Waals surface area (Å²) in [4.78, 5) is 29.3. The van der Waals surface area contributed by atoms with Crippen molar-refractivity contribution in [2.75, 3.05) is 18.1 Å². The molecule has 1 aromatic heterocycles. The van der Waals surface area contributed by atoms with E-state index in [9.17, 15) is 9.59 Å². The topological polar surface area (TPSA) is 68.7 Å². The van der Waals surface area contributed by atoms with E-state index in [0.717, 1.165) is 5.69 Å². The molecule has 1 rings (SSSR count). The standard InChI is InChI=1S/C15H22N2O4/c1-6-20-13(18)10-17(14(19)21-15(3,4)5)12-7-8-16-11(2)9-12/h7-9H,6,10H2,1-5H3. The van der Waals surface area contributed by atoms with E-state index in [1.807, 2.05) is 0 Å². The van der Waals surface area contributed by atoms with E-state index in [0.29, 0.717) is 5.69 Å². The lowest BCUT2D eigenvalue weighted by Gasteiger charge is -2.26. The van der Waals surface area contributed by atoms with Crippen LogP contribution in [-0.4, -0.2) is 35.8 Å². The molecule has 1 aromatic rings. The van der Waals surface area contributed by atoms with Gasteiger partial charge in [-0.15, -0.1) is 0 Å². The summed E-state index contributed by atoms with van der Waals surface area (Å²) in [6, 6.07) is 3.36. The lowest BCUT2D eigenvalue weighted by Crippen LogP contribution is -2.40. The van der Waals surface area contributed by atoms with Gasteiger partial charge in [-0.1, -0.05) is 0 Å². The molecule has 0 atom stereocenters. The Balaban J connectivity index is 2.99. The first kappa shape index (κ1) is 16.9. The molecule has 0 bridgehead atoms. The predicted molar refractivity (Wildman–Crippen MR) is 79.2 cm³/mol. The number of nitrogens with zero attached hydrogens (tertiary/aromatic N) is 2. The summed E-state index contributed by atoms with van der Waals surface area (Å²) in [7, 11) is 0. The maximum absolute atomic E-state index is 12.3. The first-order valence-electron chi connectivity index (χ1n) is 6.81.